The molecule has 1 aromatic rings. The second kappa shape index (κ2) is 6.88. The molecule has 8 nitrogen and oxygen atoms in total. The SMILES string of the molecule is CN=C(NCc1cn(CC(=O)OC)nn1)N1CCCC1. The van der Waals surface area contributed by atoms with Crippen LogP contribution in [0, 0.1) is 0 Å². The van der Waals surface area contributed by atoms with Crippen molar-refractivity contribution in [1.29, 1.82) is 0 Å². The number of likely N-dealkylation sites (tertiary alicyclic amines) is 1. The molecule has 0 radical (unpaired) electrons. The van der Waals surface area contributed by atoms with Crippen LogP contribution in [0.3, 0.4) is 0 Å². The van der Waals surface area contributed by atoms with Gasteiger partial charge in [-0.25, -0.2) is 4.68 Å². The van der Waals surface area contributed by atoms with Crippen molar-refractivity contribution in [3.8, 4) is 0 Å². The highest BCUT2D eigenvalue weighted by Crippen LogP contribution is 2.07. The third kappa shape index (κ3) is 3.69. The van der Waals surface area contributed by atoms with Gasteiger partial charge in [-0.1, -0.05) is 5.21 Å². The van der Waals surface area contributed by atoms with E-state index in [4.69, 9.17) is 0 Å². The second-order valence-corrected chi connectivity index (χ2v) is 4.58. The van der Waals surface area contributed by atoms with Gasteiger partial charge in [0.05, 0.1) is 19.9 Å². The molecule has 0 unspecified atom stereocenters. The molecule has 1 aromatic heterocycles. The molecule has 110 valence electrons. The largest absolute Gasteiger partial charge is 0.468 e. The highest BCUT2D eigenvalue weighted by molar-refractivity contribution is 5.80. The Morgan fingerprint density at radius 1 is 1.50 bits per heavy atom. The topological polar surface area (TPSA) is 84.6 Å². The van der Waals surface area contributed by atoms with Gasteiger partial charge in [-0.2, -0.15) is 0 Å². The van der Waals surface area contributed by atoms with Gasteiger partial charge in [-0.3, -0.25) is 9.79 Å². The Balaban J connectivity index is 1.85. The zero-order chi connectivity index (χ0) is 14.4. The summed E-state index contributed by atoms with van der Waals surface area (Å²) in [5.74, 6) is 0.535. The Morgan fingerprint density at radius 2 is 2.25 bits per heavy atom. The number of rotatable bonds is 4. The summed E-state index contributed by atoms with van der Waals surface area (Å²) >= 11 is 0. The fourth-order valence-electron chi connectivity index (χ4n) is 2.12. The first-order chi connectivity index (χ1) is 9.72. The van der Waals surface area contributed by atoms with Crippen molar-refractivity contribution < 1.29 is 9.53 Å². The van der Waals surface area contributed by atoms with Crippen LogP contribution in [-0.2, 0) is 22.6 Å². The number of nitrogens with zero attached hydrogens (tertiary/aromatic N) is 5. The number of hydrogen-bond acceptors (Lipinski definition) is 5. The van der Waals surface area contributed by atoms with Crippen molar-refractivity contribution in [2.45, 2.75) is 25.9 Å². The van der Waals surface area contributed by atoms with Crippen LogP contribution >= 0.6 is 0 Å². The molecule has 2 heterocycles. The molecule has 0 bridgehead atoms. The van der Waals surface area contributed by atoms with Gasteiger partial charge < -0.3 is 15.0 Å². The van der Waals surface area contributed by atoms with Gasteiger partial charge in [0.1, 0.15) is 12.2 Å². The fraction of sp³-hybridized carbons (Fsp3) is 0.667. The Labute approximate surface area is 117 Å². The van der Waals surface area contributed by atoms with Gasteiger partial charge >= 0.3 is 5.97 Å². The first kappa shape index (κ1) is 14.3. The van der Waals surface area contributed by atoms with Crippen LogP contribution in [0.15, 0.2) is 11.2 Å². The predicted octanol–water partition coefficient (Wildman–Crippen LogP) is -0.378. The highest BCUT2D eigenvalue weighted by atomic mass is 16.5. The lowest BCUT2D eigenvalue weighted by Crippen LogP contribution is -2.39. The highest BCUT2D eigenvalue weighted by Gasteiger charge is 2.15. The fourth-order valence-corrected chi connectivity index (χ4v) is 2.12. The van der Waals surface area contributed by atoms with E-state index in [9.17, 15) is 4.79 Å². The molecular formula is C12H20N6O2. The van der Waals surface area contributed by atoms with Crippen molar-refractivity contribution in [3.63, 3.8) is 0 Å². The lowest BCUT2D eigenvalue weighted by Gasteiger charge is -2.20. The van der Waals surface area contributed by atoms with Crippen LogP contribution in [0.4, 0.5) is 0 Å². The summed E-state index contributed by atoms with van der Waals surface area (Å²) < 4.78 is 6.04. The zero-order valence-electron chi connectivity index (χ0n) is 11.9. The van der Waals surface area contributed by atoms with Gasteiger partial charge in [0.15, 0.2) is 5.96 Å². The summed E-state index contributed by atoms with van der Waals surface area (Å²) in [4.78, 5) is 17.6. The number of hydrogen-bond donors (Lipinski definition) is 1. The Hall–Kier alpha value is -2.12. The van der Waals surface area contributed by atoms with E-state index in [0.29, 0.717) is 6.54 Å². The molecule has 0 spiro atoms. The average molecular weight is 280 g/mol. The van der Waals surface area contributed by atoms with E-state index in [-0.39, 0.29) is 12.5 Å². The summed E-state index contributed by atoms with van der Waals surface area (Å²) in [5, 5.41) is 11.1. The van der Waals surface area contributed by atoms with Crippen LogP contribution in [0.5, 0.6) is 0 Å². The smallest absolute Gasteiger partial charge is 0.327 e. The van der Waals surface area contributed by atoms with Crippen LogP contribution in [0.2, 0.25) is 0 Å². The molecule has 2 rings (SSSR count). The maximum atomic E-state index is 11.1. The van der Waals surface area contributed by atoms with Crippen molar-refractivity contribution in [1.82, 2.24) is 25.2 Å². The van der Waals surface area contributed by atoms with Crippen molar-refractivity contribution >= 4 is 11.9 Å². The van der Waals surface area contributed by atoms with E-state index in [0.717, 1.165) is 24.7 Å². The number of aromatic nitrogens is 3. The summed E-state index contributed by atoms with van der Waals surface area (Å²) in [6.07, 6.45) is 4.13. The quantitative estimate of drug-likeness (QED) is 0.460. The second-order valence-electron chi connectivity index (χ2n) is 4.58. The molecule has 20 heavy (non-hydrogen) atoms. The number of carbonyl (C=O) groups excluding carboxylic acids is 1. The minimum atomic E-state index is -0.345. The molecule has 0 amide bonds. The molecule has 1 aliphatic rings. The summed E-state index contributed by atoms with van der Waals surface area (Å²) in [7, 11) is 3.12. The molecular weight excluding hydrogens is 260 g/mol. The Bertz CT molecular complexity index is 478. The first-order valence-corrected chi connectivity index (χ1v) is 6.64. The number of ether oxygens (including phenoxy) is 1. The third-order valence-electron chi connectivity index (χ3n) is 3.15. The van der Waals surface area contributed by atoms with Gasteiger partial charge in [0.25, 0.3) is 0 Å². The van der Waals surface area contributed by atoms with E-state index in [1.165, 1.54) is 24.6 Å². The van der Waals surface area contributed by atoms with Crippen molar-refractivity contribution in [2.75, 3.05) is 27.2 Å². The van der Waals surface area contributed by atoms with Crippen molar-refractivity contribution in [3.05, 3.63) is 11.9 Å². The number of carbonyl (C=O) groups is 1. The lowest BCUT2D eigenvalue weighted by molar-refractivity contribution is -0.141. The molecule has 8 heteroatoms. The Morgan fingerprint density at radius 3 is 2.90 bits per heavy atom. The normalized spacial score (nSPS) is 15.5. The zero-order valence-corrected chi connectivity index (χ0v) is 11.9. The molecule has 1 saturated heterocycles. The van der Waals surface area contributed by atoms with Crippen LogP contribution < -0.4 is 5.32 Å². The number of nitrogens with one attached hydrogen (secondary N) is 1. The molecule has 0 aliphatic carbocycles. The maximum absolute atomic E-state index is 11.1. The van der Waals surface area contributed by atoms with Crippen molar-refractivity contribution in [2.24, 2.45) is 4.99 Å². The van der Waals surface area contributed by atoms with Gasteiger partial charge in [-0.15, -0.1) is 5.10 Å². The van der Waals surface area contributed by atoms with E-state index in [1.807, 2.05) is 0 Å². The number of aliphatic imine (C=N–C) groups is 1. The monoisotopic (exact) mass is 280 g/mol. The van der Waals surface area contributed by atoms with Crippen LogP contribution in [0.25, 0.3) is 0 Å². The van der Waals surface area contributed by atoms with Crippen LogP contribution in [-0.4, -0.2) is 59.1 Å². The van der Waals surface area contributed by atoms with Gasteiger partial charge in [0.2, 0.25) is 0 Å². The predicted molar refractivity (Wildman–Crippen MR) is 73.0 cm³/mol. The molecule has 0 atom stereocenters. The van der Waals surface area contributed by atoms with Gasteiger partial charge in [-0.05, 0) is 12.8 Å². The van der Waals surface area contributed by atoms with E-state index in [1.54, 1.807) is 13.2 Å². The maximum Gasteiger partial charge on any atom is 0.327 e. The van der Waals surface area contributed by atoms with E-state index >= 15 is 0 Å². The molecule has 1 N–H and O–H groups in total. The van der Waals surface area contributed by atoms with Gasteiger partial charge in [0, 0.05) is 20.1 Å². The molecule has 1 fully saturated rings. The minimum Gasteiger partial charge on any atom is -0.468 e. The third-order valence-corrected chi connectivity index (χ3v) is 3.15. The van der Waals surface area contributed by atoms with E-state index in [2.05, 4.69) is 30.3 Å². The lowest BCUT2D eigenvalue weighted by atomic mass is 10.4. The summed E-state index contributed by atoms with van der Waals surface area (Å²) in [6.45, 7) is 2.68. The standard InChI is InChI=1S/C12H20N6O2/c1-13-12(17-5-3-4-6-17)14-7-10-8-18(16-15-10)9-11(19)20-2/h8H,3-7,9H2,1-2H3,(H,13,14). The summed E-state index contributed by atoms with van der Waals surface area (Å²) in [6, 6.07) is 0. The molecule has 0 aromatic carbocycles. The number of methoxy groups -OCH3 is 1. The van der Waals surface area contributed by atoms with E-state index < -0.39 is 0 Å². The average Bonchev–Trinajstić information content (AvgIpc) is 3.11. The Kier molecular flexibility index (Phi) is 4.91. The number of guanidine groups is 1. The number of esters is 1. The van der Waals surface area contributed by atoms with Crippen LogP contribution in [0.1, 0.15) is 18.5 Å². The molecule has 1 aliphatic heterocycles. The minimum absolute atomic E-state index is 0.0738. The summed E-state index contributed by atoms with van der Waals surface area (Å²) in [5.41, 5.74) is 0.759. The first-order valence-electron chi connectivity index (χ1n) is 6.64. The molecule has 0 saturated carbocycles.